The molecule has 2 fully saturated rings. The van der Waals surface area contributed by atoms with E-state index in [2.05, 4.69) is 24.4 Å². The van der Waals surface area contributed by atoms with Crippen molar-refractivity contribution in [1.29, 1.82) is 0 Å². The molecule has 10 heteroatoms. The lowest BCUT2D eigenvalue weighted by Gasteiger charge is -2.42. The molecule has 0 radical (unpaired) electrons. The molecule has 10 nitrogen and oxygen atoms in total. The van der Waals surface area contributed by atoms with Crippen molar-refractivity contribution in [2.24, 2.45) is 5.73 Å². The summed E-state index contributed by atoms with van der Waals surface area (Å²) in [6, 6.07) is 18.7. The van der Waals surface area contributed by atoms with Crippen LogP contribution < -0.4 is 16.2 Å². The fourth-order valence-electron chi connectivity index (χ4n) is 6.16. The molecular weight excluding hydrogens is 516 g/mol. The Labute approximate surface area is 241 Å². The Morgan fingerprint density at radius 2 is 1.51 bits per heavy atom. The fourth-order valence-corrected chi connectivity index (χ4v) is 6.16. The van der Waals surface area contributed by atoms with Gasteiger partial charge in [0.15, 0.2) is 5.65 Å². The molecule has 1 aliphatic carbocycles. The number of anilines is 1. The zero-order chi connectivity index (χ0) is 28.0. The molecule has 0 amide bonds. The summed E-state index contributed by atoms with van der Waals surface area (Å²) in [6.07, 6.45) is 6.01. The number of hydrogen-bond donors (Lipinski definition) is 2. The summed E-state index contributed by atoms with van der Waals surface area (Å²) in [7, 11) is 0. The number of hydrogen-bond acceptors (Lipinski definition) is 9. The number of para-hydroxylation sites is 1. The lowest BCUT2D eigenvalue weighted by molar-refractivity contribution is 0.0498. The Balaban J connectivity index is 1.11. The van der Waals surface area contributed by atoms with Crippen LogP contribution in [-0.4, -0.2) is 88.1 Å². The van der Waals surface area contributed by atoms with Crippen LogP contribution in [0.1, 0.15) is 31.7 Å². The van der Waals surface area contributed by atoms with Gasteiger partial charge in [-0.15, -0.1) is 0 Å². The number of ether oxygens (including phenoxy) is 2. The minimum atomic E-state index is 0.290. The molecule has 2 aromatic carbocycles. The molecule has 2 aromatic heterocycles. The predicted octanol–water partition coefficient (Wildman–Crippen LogP) is 3.94. The first kappa shape index (κ1) is 27.6. The third-order valence-corrected chi connectivity index (χ3v) is 8.37. The summed E-state index contributed by atoms with van der Waals surface area (Å²) >= 11 is 0. The third kappa shape index (κ3) is 6.36. The van der Waals surface area contributed by atoms with E-state index < -0.39 is 0 Å². The van der Waals surface area contributed by atoms with Crippen molar-refractivity contribution in [3.05, 3.63) is 60.9 Å². The van der Waals surface area contributed by atoms with Crippen molar-refractivity contribution in [2.45, 2.75) is 37.8 Å². The number of benzene rings is 2. The number of nitrogens with zero attached hydrogens (tertiary/aromatic N) is 6. The molecular formula is C31H40N8O2. The van der Waals surface area contributed by atoms with Crippen molar-refractivity contribution in [2.75, 3.05) is 58.2 Å². The normalized spacial score (nSPS) is 20.4. The number of rotatable bonds is 10. The zero-order valence-corrected chi connectivity index (χ0v) is 23.6. The van der Waals surface area contributed by atoms with Crippen molar-refractivity contribution in [3.63, 3.8) is 0 Å². The smallest absolute Gasteiger partial charge is 0.164 e. The van der Waals surface area contributed by atoms with Crippen LogP contribution in [0.2, 0.25) is 0 Å². The highest BCUT2D eigenvalue weighted by Gasteiger charge is 2.31. The SMILES string of the molecule is NCCOCCN1CCN([C@H]2CC[C@H](n3nc(-c4ccc(Oc5ccccc5)cc4)c4c(N)ncnc43)CC2)CC1. The maximum atomic E-state index is 6.39. The summed E-state index contributed by atoms with van der Waals surface area (Å²) < 4.78 is 13.7. The molecule has 4 N–H and O–H groups in total. The van der Waals surface area contributed by atoms with E-state index in [0.717, 1.165) is 98.8 Å². The molecule has 3 heterocycles. The Kier molecular flexibility index (Phi) is 8.71. The van der Waals surface area contributed by atoms with Crippen LogP contribution >= 0.6 is 0 Å². The highest BCUT2D eigenvalue weighted by molar-refractivity contribution is 5.98. The second-order valence-corrected chi connectivity index (χ2v) is 10.9. The first-order chi connectivity index (χ1) is 20.2. The lowest BCUT2D eigenvalue weighted by Crippen LogP contribution is -2.51. The van der Waals surface area contributed by atoms with Gasteiger partial charge < -0.3 is 20.9 Å². The molecule has 1 saturated heterocycles. The van der Waals surface area contributed by atoms with Crippen molar-refractivity contribution >= 4 is 16.9 Å². The van der Waals surface area contributed by atoms with E-state index in [4.69, 9.17) is 26.0 Å². The highest BCUT2D eigenvalue weighted by Crippen LogP contribution is 2.37. The summed E-state index contributed by atoms with van der Waals surface area (Å²) in [4.78, 5) is 14.1. The van der Waals surface area contributed by atoms with E-state index in [1.165, 1.54) is 0 Å². The average Bonchev–Trinajstić information content (AvgIpc) is 3.42. The minimum absolute atomic E-state index is 0.290. The van der Waals surface area contributed by atoms with Crippen LogP contribution in [0.25, 0.3) is 22.3 Å². The standard InChI is InChI=1S/C31H40N8O2/c32-14-20-40-21-19-37-15-17-38(18-16-37)24-8-10-25(11-9-24)39-31-28(30(33)34-22-35-31)29(36-39)23-6-12-27(13-7-23)41-26-4-2-1-3-5-26/h1-7,12-13,22,24-25H,8-11,14-21,32H2,(H2,33,34,35)/t24-,25-. The Morgan fingerprint density at radius 1 is 0.805 bits per heavy atom. The van der Waals surface area contributed by atoms with Crippen LogP contribution in [0.3, 0.4) is 0 Å². The number of nitrogens with two attached hydrogens (primary N) is 2. The summed E-state index contributed by atoms with van der Waals surface area (Å²) in [5, 5.41) is 5.92. The van der Waals surface area contributed by atoms with E-state index in [-0.39, 0.29) is 0 Å². The van der Waals surface area contributed by atoms with Gasteiger partial charge in [0, 0.05) is 50.9 Å². The van der Waals surface area contributed by atoms with Crippen molar-refractivity contribution in [1.82, 2.24) is 29.5 Å². The number of aromatic nitrogens is 4. The van der Waals surface area contributed by atoms with Crippen LogP contribution in [0.4, 0.5) is 5.82 Å². The topological polar surface area (TPSA) is 121 Å². The first-order valence-corrected chi connectivity index (χ1v) is 14.8. The first-order valence-electron chi connectivity index (χ1n) is 14.8. The quantitative estimate of drug-likeness (QED) is 0.280. The molecule has 1 saturated carbocycles. The lowest BCUT2D eigenvalue weighted by atomic mass is 9.90. The maximum absolute atomic E-state index is 6.39. The van der Waals surface area contributed by atoms with Gasteiger partial charge in [0.25, 0.3) is 0 Å². The number of nitrogen functional groups attached to an aromatic ring is 1. The van der Waals surface area contributed by atoms with Crippen molar-refractivity contribution < 1.29 is 9.47 Å². The Hall–Kier alpha value is -3.57. The van der Waals surface area contributed by atoms with Gasteiger partial charge in [-0.3, -0.25) is 9.80 Å². The van der Waals surface area contributed by atoms with E-state index in [1.807, 2.05) is 54.6 Å². The van der Waals surface area contributed by atoms with Gasteiger partial charge in [-0.25, -0.2) is 14.6 Å². The van der Waals surface area contributed by atoms with Gasteiger partial charge in [0.05, 0.1) is 24.6 Å². The molecule has 4 aromatic rings. The predicted molar refractivity (Wildman–Crippen MR) is 161 cm³/mol. The molecule has 6 rings (SSSR count). The summed E-state index contributed by atoms with van der Waals surface area (Å²) in [6.45, 7) is 7.43. The van der Waals surface area contributed by atoms with Gasteiger partial charge in [0.1, 0.15) is 29.3 Å². The van der Waals surface area contributed by atoms with Gasteiger partial charge in [-0.2, -0.15) is 5.10 Å². The Morgan fingerprint density at radius 3 is 2.24 bits per heavy atom. The molecule has 216 valence electrons. The molecule has 41 heavy (non-hydrogen) atoms. The number of fused-ring (bicyclic) bond motifs is 1. The molecule has 0 bridgehead atoms. The van der Waals surface area contributed by atoms with E-state index in [1.54, 1.807) is 6.33 Å². The van der Waals surface area contributed by atoms with Crippen LogP contribution in [0.15, 0.2) is 60.9 Å². The highest BCUT2D eigenvalue weighted by atomic mass is 16.5. The van der Waals surface area contributed by atoms with Crippen molar-refractivity contribution in [3.8, 4) is 22.8 Å². The second-order valence-electron chi connectivity index (χ2n) is 10.9. The molecule has 0 atom stereocenters. The fraction of sp³-hybridized carbons (Fsp3) is 0.452. The molecule has 0 unspecified atom stereocenters. The monoisotopic (exact) mass is 556 g/mol. The molecule has 2 aliphatic rings. The largest absolute Gasteiger partial charge is 0.457 e. The molecule has 0 spiro atoms. The maximum Gasteiger partial charge on any atom is 0.164 e. The second kappa shape index (κ2) is 12.9. The third-order valence-electron chi connectivity index (χ3n) is 8.37. The van der Waals surface area contributed by atoms with Gasteiger partial charge in [-0.1, -0.05) is 18.2 Å². The number of piperazine rings is 1. The van der Waals surface area contributed by atoms with E-state index in [9.17, 15) is 0 Å². The summed E-state index contributed by atoms with van der Waals surface area (Å²) in [5.41, 5.74) is 14.5. The minimum Gasteiger partial charge on any atom is -0.457 e. The van der Waals surface area contributed by atoms with Gasteiger partial charge in [-0.05, 0) is 62.1 Å². The van der Waals surface area contributed by atoms with E-state index in [0.29, 0.717) is 31.1 Å². The van der Waals surface area contributed by atoms with Crippen LogP contribution in [0.5, 0.6) is 11.5 Å². The van der Waals surface area contributed by atoms with Crippen LogP contribution in [-0.2, 0) is 4.74 Å². The van der Waals surface area contributed by atoms with Gasteiger partial charge in [0.2, 0.25) is 0 Å². The zero-order valence-electron chi connectivity index (χ0n) is 23.6. The molecule has 1 aliphatic heterocycles. The van der Waals surface area contributed by atoms with Gasteiger partial charge >= 0.3 is 0 Å². The van der Waals surface area contributed by atoms with E-state index >= 15 is 0 Å². The average molecular weight is 557 g/mol. The summed E-state index contributed by atoms with van der Waals surface area (Å²) in [5.74, 6) is 2.03. The van der Waals surface area contributed by atoms with Crippen LogP contribution in [0, 0.1) is 0 Å². The Bertz CT molecular complexity index is 1400.